The number of nitrogens with two attached hydrogens (primary N) is 1. The Balaban J connectivity index is 1.86. The molecule has 3 aromatic rings. The maximum absolute atomic E-state index is 14.7. The number of carbonyl (C=O) groups excluding carboxylic acids is 1. The molecule has 3 aliphatic heterocycles. The van der Waals surface area contributed by atoms with E-state index in [1.807, 2.05) is 38.1 Å². The number of aromatic nitrogens is 1. The van der Waals surface area contributed by atoms with Crippen molar-refractivity contribution in [3.05, 3.63) is 80.5 Å². The molecule has 0 radical (unpaired) electrons. The smallest absolute Gasteiger partial charge is 0.257 e. The number of pyridine rings is 1. The Morgan fingerprint density at radius 1 is 1.26 bits per heavy atom. The van der Waals surface area contributed by atoms with Gasteiger partial charge < -0.3 is 20.4 Å². The molecule has 7 heteroatoms. The average Bonchev–Trinajstić information content (AvgIpc) is 3.07. The first kappa shape index (κ1) is 21.5. The second-order valence-electron chi connectivity index (χ2n) is 10.4. The van der Waals surface area contributed by atoms with Crippen molar-refractivity contribution in [3.63, 3.8) is 0 Å². The number of hydrogen-bond acceptors (Lipinski definition) is 5. The van der Waals surface area contributed by atoms with Gasteiger partial charge in [0, 0.05) is 16.5 Å². The van der Waals surface area contributed by atoms with Crippen LogP contribution >= 0.6 is 0 Å². The van der Waals surface area contributed by atoms with Gasteiger partial charge in [0.2, 0.25) is 11.8 Å². The van der Waals surface area contributed by atoms with Gasteiger partial charge in [0.15, 0.2) is 5.41 Å². The van der Waals surface area contributed by atoms with Crippen molar-refractivity contribution < 1.29 is 9.53 Å². The third-order valence-electron chi connectivity index (χ3n) is 7.90. The van der Waals surface area contributed by atoms with Crippen LogP contribution in [0.3, 0.4) is 0 Å². The maximum Gasteiger partial charge on any atom is 0.257 e. The van der Waals surface area contributed by atoms with Crippen LogP contribution in [0.5, 0.6) is 5.75 Å². The molecule has 0 fully saturated rings. The molecule has 7 nitrogen and oxygen atoms in total. The highest BCUT2D eigenvalue weighted by atomic mass is 16.5. The first-order valence-electron chi connectivity index (χ1n) is 11.9. The van der Waals surface area contributed by atoms with Gasteiger partial charge in [-0.15, -0.1) is 0 Å². The van der Waals surface area contributed by atoms with Crippen LogP contribution in [0.1, 0.15) is 62.3 Å². The van der Waals surface area contributed by atoms with E-state index in [0.29, 0.717) is 16.5 Å². The second kappa shape index (κ2) is 6.76. The Morgan fingerprint density at radius 2 is 2.00 bits per heavy atom. The highest BCUT2D eigenvalue weighted by molar-refractivity contribution is 6.16. The van der Waals surface area contributed by atoms with E-state index in [9.17, 15) is 14.9 Å². The number of ether oxygens (including phenoxy) is 1. The molecule has 1 aromatic heterocycles. The molecule has 3 N–H and O–H groups in total. The molecule has 6 rings (SSSR count). The minimum absolute atomic E-state index is 0.0379. The topological polar surface area (TPSA) is 112 Å². The Bertz CT molecular complexity index is 1610. The summed E-state index contributed by atoms with van der Waals surface area (Å²) < 4.78 is 5.97. The number of nitrogens with zero attached hydrogens (tertiary/aromatic N) is 2. The van der Waals surface area contributed by atoms with Crippen molar-refractivity contribution >= 4 is 22.5 Å². The number of carbonyl (C=O) groups is 1. The molecular weight excluding hydrogens is 440 g/mol. The van der Waals surface area contributed by atoms with Gasteiger partial charge in [-0.1, -0.05) is 38.1 Å². The summed E-state index contributed by atoms with van der Waals surface area (Å²) >= 11 is 0. The minimum Gasteiger partial charge on any atom is -0.439 e. The Hall–Kier alpha value is -4.05. The fraction of sp³-hybridized carbons (Fsp3) is 0.321. The van der Waals surface area contributed by atoms with E-state index in [2.05, 4.69) is 31.0 Å². The van der Waals surface area contributed by atoms with Crippen molar-refractivity contribution in [2.24, 2.45) is 5.73 Å². The zero-order valence-corrected chi connectivity index (χ0v) is 20.2. The number of rotatable bonds is 1. The predicted octanol–water partition coefficient (Wildman–Crippen LogP) is 4.10. The van der Waals surface area contributed by atoms with Crippen LogP contribution in [-0.2, 0) is 16.6 Å². The monoisotopic (exact) mass is 466 g/mol. The first-order chi connectivity index (χ1) is 16.7. The van der Waals surface area contributed by atoms with E-state index in [4.69, 9.17) is 10.5 Å². The maximum atomic E-state index is 14.7. The molecule has 4 heterocycles. The summed E-state index contributed by atoms with van der Waals surface area (Å²) in [5.41, 5.74) is 7.90. The predicted molar refractivity (Wildman–Crippen MR) is 133 cm³/mol. The van der Waals surface area contributed by atoms with Gasteiger partial charge >= 0.3 is 0 Å². The molecule has 2 aromatic carbocycles. The number of aromatic amines is 1. The van der Waals surface area contributed by atoms with Crippen molar-refractivity contribution in [3.8, 4) is 11.8 Å². The summed E-state index contributed by atoms with van der Waals surface area (Å²) in [5.74, 6) is -0.0461. The number of hydrogen-bond donors (Lipinski definition) is 2. The zero-order chi connectivity index (χ0) is 24.9. The molecule has 35 heavy (non-hydrogen) atoms. The number of fused-ring (bicyclic) bond motifs is 5. The lowest BCUT2D eigenvalue weighted by Crippen LogP contribution is -2.55. The Morgan fingerprint density at radius 3 is 2.71 bits per heavy atom. The van der Waals surface area contributed by atoms with Crippen LogP contribution in [0.2, 0.25) is 0 Å². The van der Waals surface area contributed by atoms with Crippen LogP contribution in [0.4, 0.5) is 5.69 Å². The van der Waals surface area contributed by atoms with Gasteiger partial charge in [0.05, 0.1) is 16.8 Å². The minimum atomic E-state index is -1.68. The molecule has 2 atom stereocenters. The van der Waals surface area contributed by atoms with E-state index in [0.717, 1.165) is 29.7 Å². The molecule has 1 spiro atoms. The van der Waals surface area contributed by atoms with Gasteiger partial charge in [-0.05, 0) is 55.9 Å². The van der Waals surface area contributed by atoms with Gasteiger partial charge in [0.1, 0.15) is 17.4 Å². The van der Waals surface area contributed by atoms with Crippen LogP contribution in [0, 0.1) is 11.3 Å². The van der Waals surface area contributed by atoms with E-state index >= 15 is 0 Å². The number of amides is 1. The SMILES string of the molecule is CCc1cc2c3c(c1)[C@@]1(C(=O)N3C(C)(C)C[C@H]2C)C(C#N)=C(N)Oc2c1c(=O)[nH]c1ccccc21. The van der Waals surface area contributed by atoms with E-state index in [-0.39, 0.29) is 34.6 Å². The van der Waals surface area contributed by atoms with E-state index < -0.39 is 16.5 Å². The lowest BCUT2D eigenvalue weighted by atomic mass is 9.68. The fourth-order valence-corrected chi connectivity index (χ4v) is 6.50. The number of nitrogens with one attached hydrogen (secondary N) is 1. The van der Waals surface area contributed by atoms with Crippen molar-refractivity contribution in [1.29, 1.82) is 5.26 Å². The standard InChI is InChI=1S/C28H26N4O3/c1-5-15-10-17-14(2)12-27(3,4)32-22(17)18(11-15)28(26(32)34)19(13-29)24(30)35-23-16-8-6-7-9-20(16)31-25(33)21(23)28/h6-11,14H,5,12,30H2,1-4H3,(H,31,33)/t14-,28-/m1/s1. The summed E-state index contributed by atoms with van der Waals surface area (Å²) in [5, 5.41) is 11.0. The molecule has 0 unspecified atom stereocenters. The number of aryl methyl sites for hydroxylation is 1. The third-order valence-corrected chi connectivity index (χ3v) is 7.90. The van der Waals surface area contributed by atoms with E-state index in [1.165, 1.54) is 0 Å². The van der Waals surface area contributed by atoms with Crippen LogP contribution in [0.15, 0.2) is 52.6 Å². The molecule has 1 amide bonds. The average molecular weight is 467 g/mol. The Labute approximate surface area is 202 Å². The summed E-state index contributed by atoms with van der Waals surface area (Å²) in [6.07, 6.45) is 1.51. The van der Waals surface area contributed by atoms with Crippen LogP contribution in [0.25, 0.3) is 10.9 Å². The highest BCUT2D eigenvalue weighted by Crippen LogP contribution is 2.60. The summed E-state index contributed by atoms with van der Waals surface area (Å²) in [7, 11) is 0. The molecule has 0 bridgehead atoms. The van der Waals surface area contributed by atoms with Gasteiger partial charge in [-0.25, -0.2) is 0 Å². The van der Waals surface area contributed by atoms with Gasteiger partial charge in [0.25, 0.3) is 5.56 Å². The fourth-order valence-electron chi connectivity index (χ4n) is 6.50. The van der Waals surface area contributed by atoms with Crippen LogP contribution < -0.4 is 20.9 Å². The summed E-state index contributed by atoms with van der Waals surface area (Å²) in [6.45, 7) is 8.29. The second-order valence-corrected chi connectivity index (χ2v) is 10.4. The normalized spacial score (nSPS) is 23.8. The summed E-state index contributed by atoms with van der Waals surface area (Å²) in [6, 6.07) is 13.5. The number of benzene rings is 2. The van der Waals surface area contributed by atoms with Gasteiger partial charge in [-0.3, -0.25) is 9.59 Å². The zero-order valence-electron chi connectivity index (χ0n) is 20.2. The number of H-pyrrole nitrogens is 1. The number of para-hydroxylation sites is 1. The molecule has 0 aliphatic carbocycles. The lowest BCUT2D eigenvalue weighted by molar-refractivity contribution is -0.122. The molecule has 176 valence electrons. The number of anilines is 1. The van der Waals surface area contributed by atoms with Crippen molar-refractivity contribution in [2.75, 3.05) is 4.90 Å². The third kappa shape index (κ3) is 2.44. The lowest BCUT2D eigenvalue weighted by Gasteiger charge is -2.44. The summed E-state index contributed by atoms with van der Waals surface area (Å²) in [4.78, 5) is 33.2. The van der Waals surface area contributed by atoms with Crippen molar-refractivity contribution in [1.82, 2.24) is 4.98 Å². The molecular formula is C28H26N4O3. The van der Waals surface area contributed by atoms with Gasteiger partial charge in [-0.2, -0.15) is 5.26 Å². The molecule has 0 saturated carbocycles. The highest BCUT2D eigenvalue weighted by Gasteiger charge is 2.64. The first-order valence-corrected chi connectivity index (χ1v) is 11.9. The number of nitriles is 1. The van der Waals surface area contributed by atoms with Crippen LogP contribution in [-0.4, -0.2) is 16.4 Å². The van der Waals surface area contributed by atoms with E-state index in [1.54, 1.807) is 11.0 Å². The quantitative estimate of drug-likeness (QED) is 0.561. The largest absolute Gasteiger partial charge is 0.439 e. The van der Waals surface area contributed by atoms with Crippen molar-refractivity contribution in [2.45, 2.75) is 57.4 Å². The Kier molecular flexibility index (Phi) is 4.15. The molecule has 3 aliphatic rings. The molecule has 0 saturated heterocycles.